The summed E-state index contributed by atoms with van der Waals surface area (Å²) in [6.45, 7) is 3.03. The van der Waals surface area contributed by atoms with Crippen molar-refractivity contribution in [2.75, 3.05) is 32.6 Å². The highest BCUT2D eigenvalue weighted by Gasteiger charge is 2.47. The number of aryl methyl sites for hydroxylation is 1. The van der Waals surface area contributed by atoms with Crippen LogP contribution in [0.3, 0.4) is 0 Å². The first-order valence-electron chi connectivity index (χ1n) is 11.4. The van der Waals surface area contributed by atoms with E-state index in [0.717, 1.165) is 12.3 Å². The van der Waals surface area contributed by atoms with Crippen molar-refractivity contribution in [2.24, 2.45) is 0 Å². The smallest absolute Gasteiger partial charge is 0.361 e. The maximum atomic E-state index is 13.8. The van der Waals surface area contributed by atoms with E-state index in [1.54, 1.807) is 6.92 Å². The molecule has 3 heterocycles. The molecule has 2 aromatic rings. The lowest BCUT2D eigenvalue weighted by Crippen LogP contribution is -2.52. The number of aromatic nitrogens is 2. The molecule has 15 heteroatoms. The number of halogens is 1. The van der Waals surface area contributed by atoms with E-state index in [0.29, 0.717) is 5.56 Å². The van der Waals surface area contributed by atoms with Gasteiger partial charge in [0.05, 0.1) is 30.9 Å². The number of rotatable bonds is 6. The summed E-state index contributed by atoms with van der Waals surface area (Å²) in [5.74, 6) is -2.46. The monoisotopic (exact) mass is 559 g/mol. The van der Waals surface area contributed by atoms with Gasteiger partial charge in [0.25, 0.3) is 5.56 Å². The second-order valence-electron chi connectivity index (χ2n) is 8.73. The van der Waals surface area contributed by atoms with Gasteiger partial charge in [0, 0.05) is 13.1 Å². The van der Waals surface area contributed by atoms with Crippen molar-refractivity contribution in [3.05, 3.63) is 51.5 Å². The Balaban J connectivity index is 1.73. The van der Waals surface area contributed by atoms with E-state index in [-0.39, 0.29) is 56.4 Å². The molecule has 0 radical (unpaired) electrons. The number of carbonyl (C=O) groups excluding carboxylic acids is 1. The first-order chi connectivity index (χ1) is 17.3. The predicted molar refractivity (Wildman–Crippen MR) is 127 cm³/mol. The minimum Gasteiger partial charge on any atom is -0.461 e. The highest BCUT2D eigenvalue weighted by molar-refractivity contribution is 7.89. The summed E-state index contributed by atoms with van der Waals surface area (Å²) in [4.78, 5) is 30.0. The van der Waals surface area contributed by atoms with Gasteiger partial charge in [-0.15, -0.1) is 0 Å². The quantitative estimate of drug-likeness (QED) is 0.369. The van der Waals surface area contributed by atoms with E-state index < -0.39 is 54.5 Å². The molecule has 0 bridgehead atoms. The van der Waals surface area contributed by atoms with E-state index >= 15 is 0 Å². The molecule has 1 aromatic carbocycles. The molecule has 12 nitrogen and oxygen atoms in total. The highest BCUT2D eigenvalue weighted by atomic mass is 32.2. The molecule has 202 valence electrons. The van der Waals surface area contributed by atoms with Crippen LogP contribution < -0.4 is 9.74 Å². The number of ether oxygens (including phenoxy) is 2. The maximum absolute atomic E-state index is 13.8. The molecule has 4 rings (SSSR count). The van der Waals surface area contributed by atoms with E-state index in [4.69, 9.17) is 13.7 Å². The summed E-state index contributed by atoms with van der Waals surface area (Å²) in [6, 6.07) is 3.54. The Morgan fingerprint density at radius 2 is 1.86 bits per heavy atom. The third-order valence-electron chi connectivity index (χ3n) is 6.23. The van der Waals surface area contributed by atoms with Crippen LogP contribution in [-0.2, 0) is 41.8 Å². The highest BCUT2D eigenvalue weighted by Crippen LogP contribution is 2.40. The van der Waals surface area contributed by atoms with Crippen LogP contribution in [0.4, 0.5) is 4.39 Å². The van der Waals surface area contributed by atoms with Gasteiger partial charge in [-0.2, -0.15) is 12.7 Å². The maximum Gasteiger partial charge on any atom is 0.361 e. The molecule has 1 saturated heterocycles. The zero-order valence-electron chi connectivity index (χ0n) is 20.4. The summed E-state index contributed by atoms with van der Waals surface area (Å²) < 4.78 is 82.0. The second kappa shape index (κ2) is 9.78. The van der Waals surface area contributed by atoms with Crippen molar-refractivity contribution in [1.29, 1.82) is 0 Å². The van der Waals surface area contributed by atoms with Crippen molar-refractivity contribution < 1.29 is 39.7 Å². The van der Waals surface area contributed by atoms with Crippen LogP contribution in [0.25, 0.3) is 0 Å². The molecule has 37 heavy (non-hydrogen) atoms. The number of carbonyl (C=O) groups is 1. The fourth-order valence-electron chi connectivity index (χ4n) is 4.50. The van der Waals surface area contributed by atoms with Crippen LogP contribution in [0.2, 0.25) is 0 Å². The fourth-order valence-corrected chi connectivity index (χ4v) is 6.63. The van der Waals surface area contributed by atoms with Crippen molar-refractivity contribution in [2.45, 2.75) is 43.7 Å². The number of sulfonamides is 1. The Morgan fingerprint density at radius 1 is 1.19 bits per heavy atom. The average Bonchev–Trinajstić information content (AvgIpc) is 2.82. The van der Waals surface area contributed by atoms with Crippen molar-refractivity contribution in [3.63, 3.8) is 0 Å². The zero-order chi connectivity index (χ0) is 27.2. The number of fused-ring (bicyclic) bond motifs is 2. The molecule has 2 aliphatic rings. The molecule has 0 N–H and O–H groups in total. The Bertz CT molecular complexity index is 1510. The molecule has 0 amide bonds. The minimum absolute atomic E-state index is 0.0106. The van der Waals surface area contributed by atoms with Crippen LogP contribution in [-0.4, -0.2) is 69.2 Å². The van der Waals surface area contributed by atoms with Crippen LogP contribution in [0.1, 0.15) is 41.6 Å². The lowest BCUT2D eigenvalue weighted by atomic mass is 9.89. The fraction of sp³-hybridized carbons (Fsp3) is 0.500. The Kier molecular flexibility index (Phi) is 7.18. The topological polar surface area (TPSA) is 151 Å². The van der Waals surface area contributed by atoms with Gasteiger partial charge < -0.3 is 13.7 Å². The molecule has 0 atom stereocenters. The number of esters is 1. The van der Waals surface area contributed by atoms with Gasteiger partial charge in [-0.1, -0.05) is 6.07 Å². The molecule has 1 fully saturated rings. The molecule has 0 saturated carbocycles. The lowest BCUT2D eigenvalue weighted by Gasteiger charge is -2.43. The third kappa shape index (κ3) is 5.12. The summed E-state index contributed by atoms with van der Waals surface area (Å²) in [6.07, 6.45) is 0.871. The van der Waals surface area contributed by atoms with Gasteiger partial charge in [-0.3, -0.25) is 9.36 Å². The van der Waals surface area contributed by atoms with Gasteiger partial charge in [-0.25, -0.2) is 22.6 Å². The summed E-state index contributed by atoms with van der Waals surface area (Å²) in [7, 11) is -8.20. The molecular weight excluding hydrogens is 533 g/mol. The zero-order valence-corrected chi connectivity index (χ0v) is 22.0. The third-order valence-corrected chi connectivity index (χ3v) is 8.74. The normalized spacial score (nSPS) is 17.8. The van der Waals surface area contributed by atoms with Crippen LogP contribution in [0.5, 0.6) is 5.75 Å². The minimum atomic E-state index is -4.18. The van der Waals surface area contributed by atoms with Gasteiger partial charge in [0.15, 0.2) is 5.69 Å². The number of piperidine rings is 1. The predicted octanol–water partition coefficient (Wildman–Crippen LogP) is 0.916. The van der Waals surface area contributed by atoms with Gasteiger partial charge in [0.1, 0.15) is 17.2 Å². The summed E-state index contributed by atoms with van der Waals surface area (Å²) in [5.41, 5.74) is -2.34. The second-order valence-corrected chi connectivity index (χ2v) is 12.2. The largest absolute Gasteiger partial charge is 0.461 e. The van der Waals surface area contributed by atoms with E-state index in [2.05, 4.69) is 4.98 Å². The van der Waals surface area contributed by atoms with Gasteiger partial charge in [-0.05, 0) is 44.4 Å². The first-order valence-corrected chi connectivity index (χ1v) is 14.7. The Hall–Kier alpha value is -2.88. The van der Waals surface area contributed by atoms with Crippen LogP contribution in [0.15, 0.2) is 27.9 Å². The molecule has 0 aliphatic carbocycles. The molecular formula is C22H26FN3O9S2. The Labute approximate surface area is 213 Å². The van der Waals surface area contributed by atoms with Gasteiger partial charge >= 0.3 is 16.1 Å². The first kappa shape index (κ1) is 27.2. The molecule has 2 aliphatic heterocycles. The Morgan fingerprint density at radius 3 is 2.49 bits per heavy atom. The molecule has 0 unspecified atom stereocenters. The number of hydrogen-bond donors (Lipinski definition) is 0. The van der Waals surface area contributed by atoms with Crippen LogP contribution >= 0.6 is 0 Å². The number of benzene rings is 1. The molecule has 1 aromatic heterocycles. The summed E-state index contributed by atoms with van der Waals surface area (Å²) >= 11 is 0. The summed E-state index contributed by atoms with van der Waals surface area (Å²) in [5, 5.41) is 0. The molecule has 1 spiro atoms. The van der Waals surface area contributed by atoms with Crippen molar-refractivity contribution >= 4 is 26.1 Å². The SMILES string of the molecule is CCOC(=O)c1nc2n(c(=O)c1OS(C)(=O)=O)CCOC21CCN(S(=O)(=O)c2cc(F)ccc2C)CC1. The van der Waals surface area contributed by atoms with E-state index in [9.17, 15) is 30.8 Å². The van der Waals surface area contributed by atoms with Gasteiger partial charge in [0.2, 0.25) is 15.8 Å². The average molecular weight is 560 g/mol. The standard InChI is InChI=1S/C22H26FN3O9S2/c1-4-33-20(28)17-18(35-36(3,29)30)19(27)26-11-12-34-22(21(26)24-17)7-9-25(10-8-22)37(31,32)16-13-15(23)6-5-14(16)2/h5-6,13H,4,7-12H2,1-3H3. The van der Waals surface area contributed by atoms with Crippen LogP contribution in [0, 0.1) is 12.7 Å². The number of nitrogens with zero attached hydrogens (tertiary/aromatic N) is 3. The lowest BCUT2D eigenvalue weighted by molar-refractivity contribution is -0.110. The number of hydrogen-bond acceptors (Lipinski definition) is 10. The van der Waals surface area contributed by atoms with Crippen molar-refractivity contribution in [3.8, 4) is 5.75 Å². The van der Waals surface area contributed by atoms with Crippen molar-refractivity contribution in [1.82, 2.24) is 13.9 Å². The van der Waals surface area contributed by atoms with E-state index in [1.807, 2.05) is 0 Å². The van der Waals surface area contributed by atoms with E-state index in [1.165, 1.54) is 27.9 Å².